The van der Waals surface area contributed by atoms with Crippen molar-refractivity contribution in [2.45, 2.75) is 18.9 Å². The van der Waals surface area contributed by atoms with Crippen LogP contribution in [0.15, 0.2) is 33.9 Å². The third kappa shape index (κ3) is 2.50. The quantitative estimate of drug-likeness (QED) is 0.802. The minimum atomic E-state index is -0.505. The maximum absolute atomic E-state index is 14.2. The second kappa shape index (κ2) is 5.28. The predicted molar refractivity (Wildman–Crippen MR) is 86.8 cm³/mol. The summed E-state index contributed by atoms with van der Waals surface area (Å²) in [7, 11) is 1.59. The Bertz CT molecular complexity index is 824. The molecule has 1 aliphatic rings. The molecule has 1 saturated carbocycles. The summed E-state index contributed by atoms with van der Waals surface area (Å²) in [5.41, 5.74) is -0.720. The minimum absolute atomic E-state index is 0.0611. The molecule has 2 aromatic rings. The van der Waals surface area contributed by atoms with Gasteiger partial charge in [0, 0.05) is 22.7 Å². The van der Waals surface area contributed by atoms with Gasteiger partial charge in [0.15, 0.2) is 0 Å². The van der Waals surface area contributed by atoms with Gasteiger partial charge < -0.3 is 5.32 Å². The third-order valence-corrected chi connectivity index (χ3v) is 4.13. The van der Waals surface area contributed by atoms with Crippen molar-refractivity contribution < 1.29 is 4.39 Å². The molecule has 0 spiro atoms. The van der Waals surface area contributed by atoms with Crippen LogP contribution in [-0.2, 0) is 0 Å². The Morgan fingerprint density at radius 2 is 2.00 bits per heavy atom. The highest BCUT2D eigenvalue weighted by molar-refractivity contribution is 14.1. The number of nitrogens with one attached hydrogen (secondary N) is 1. The lowest BCUT2D eigenvalue weighted by Gasteiger charge is -2.15. The van der Waals surface area contributed by atoms with Crippen LogP contribution in [0.3, 0.4) is 0 Å². The molecule has 3 rings (SSSR count). The zero-order valence-electron chi connectivity index (χ0n) is 11.3. The van der Waals surface area contributed by atoms with E-state index in [2.05, 4.69) is 5.32 Å². The van der Waals surface area contributed by atoms with Gasteiger partial charge in [-0.05, 0) is 53.6 Å². The van der Waals surface area contributed by atoms with E-state index in [4.69, 9.17) is 0 Å². The van der Waals surface area contributed by atoms with Crippen LogP contribution in [0, 0.1) is 9.39 Å². The van der Waals surface area contributed by atoms with E-state index in [9.17, 15) is 14.0 Å². The first kappa shape index (κ1) is 14.3. The SMILES string of the molecule is CNc1cc(=O)n(C2CC2)c(=O)n1-c1ccc(I)cc1F. The van der Waals surface area contributed by atoms with E-state index in [1.54, 1.807) is 19.2 Å². The molecular weight excluding hydrogens is 388 g/mol. The Balaban J connectivity index is 2.32. The first-order valence-electron chi connectivity index (χ1n) is 6.54. The summed E-state index contributed by atoms with van der Waals surface area (Å²) in [6.45, 7) is 0. The van der Waals surface area contributed by atoms with Crippen LogP contribution < -0.4 is 16.6 Å². The van der Waals surface area contributed by atoms with Crippen LogP contribution in [0.2, 0.25) is 0 Å². The fourth-order valence-corrected chi connectivity index (χ4v) is 2.76. The Hall–Kier alpha value is -1.64. The van der Waals surface area contributed by atoms with Crippen molar-refractivity contribution in [2.24, 2.45) is 0 Å². The highest BCUT2D eigenvalue weighted by atomic mass is 127. The highest BCUT2D eigenvalue weighted by Gasteiger charge is 2.28. The van der Waals surface area contributed by atoms with E-state index in [1.165, 1.54) is 21.3 Å². The van der Waals surface area contributed by atoms with E-state index in [0.717, 1.165) is 16.4 Å². The average molecular weight is 401 g/mol. The van der Waals surface area contributed by atoms with Gasteiger partial charge in [-0.25, -0.2) is 13.8 Å². The Morgan fingerprint density at radius 3 is 2.57 bits per heavy atom. The number of hydrogen-bond acceptors (Lipinski definition) is 3. The molecule has 0 saturated heterocycles. The van der Waals surface area contributed by atoms with Gasteiger partial charge in [-0.15, -0.1) is 0 Å². The van der Waals surface area contributed by atoms with E-state index < -0.39 is 11.5 Å². The topological polar surface area (TPSA) is 56.0 Å². The average Bonchev–Trinajstić information content (AvgIpc) is 3.24. The number of halogens is 2. The molecular formula is C14H13FIN3O2. The number of anilines is 1. The summed E-state index contributed by atoms with van der Waals surface area (Å²) in [6.07, 6.45) is 1.62. The Morgan fingerprint density at radius 1 is 1.29 bits per heavy atom. The second-order valence-corrected chi connectivity index (χ2v) is 6.18. The predicted octanol–water partition coefficient (Wildman–Crippen LogP) is 2.12. The first-order chi connectivity index (χ1) is 10.0. The molecule has 5 nitrogen and oxygen atoms in total. The van der Waals surface area contributed by atoms with Gasteiger partial charge in [-0.2, -0.15) is 0 Å². The van der Waals surface area contributed by atoms with Gasteiger partial charge in [-0.1, -0.05) is 0 Å². The number of aromatic nitrogens is 2. The molecule has 1 N–H and O–H groups in total. The molecule has 7 heteroatoms. The number of rotatable bonds is 3. The lowest BCUT2D eigenvalue weighted by molar-refractivity contribution is 0.594. The fraction of sp³-hybridized carbons (Fsp3) is 0.286. The maximum atomic E-state index is 14.2. The Kier molecular flexibility index (Phi) is 3.60. The maximum Gasteiger partial charge on any atom is 0.337 e. The molecule has 110 valence electrons. The highest BCUT2D eigenvalue weighted by Crippen LogP contribution is 2.32. The zero-order valence-corrected chi connectivity index (χ0v) is 13.4. The van der Waals surface area contributed by atoms with Crippen molar-refractivity contribution >= 4 is 28.4 Å². The fourth-order valence-electron chi connectivity index (χ4n) is 2.30. The smallest absolute Gasteiger partial charge is 0.337 e. The molecule has 1 heterocycles. The van der Waals surface area contributed by atoms with Gasteiger partial charge >= 0.3 is 5.69 Å². The lowest BCUT2D eigenvalue weighted by Crippen LogP contribution is -2.39. The molecule has 0 unspecified atom stereocenters. The van der Waals surface area contributed by atoms with Crippen molar-refractivity contribution in [1.29, 1.82) is 0 Å². The summed E-state index contributed by atoms with van der Waals surface area (Å²) in [5, 5.41) is 2.79. The van der Waals surface area contributed by atoms with Gasteiger partial charge in [0.25, 0.3) is 5.56 Å². The molecule has 0 atom stereocenters. The molecule has 0 amide bonds. The van der Waals surface area contributed by atoms with Crippen LogP contribution in [0.5, 0.6) is 0 Å². The second-order valence-electron chi connectivity index (χ2n) is 4.93. The molecule has 1 fully saturated rings. The molecule has 1 aromatic heterocycles. The molecule has 0 aliphatic heterocycles. The summed E-state index contributed by atoms with van der Waals surface area (Å²) < 4.78 is 17.4. The standard InChI is InChI=1S/C14H13FIN3O2/c1-17-12-7-13(20)18(9-3-4-9)14(21)19(12)11-5-2-8(16)6-10(11)15/h2,5-7,9,17H,3-4H2,1H3. The summed E-state index contributed by atoms with van der Waals surface area (Å²) in [5.74, 6) is -0.219. The number of hydrogen-bond donors (Lipinski definition) is 1. The van der Waals surface area contributed by atoms with Gasteiger partial charge in [0.05, 0.1) is 5.69 Å². The lowest BCUT2D eigenvalue weighted by atomic mass is 10.3. The minimum Gasteiger partial charge on any atom is -0.374 e. The largest absolute Gasteiger partial charge is 0.374 e. The van der Waals surface area contributed by atoms with Crippen molar-refractivity contribution in [3.63, 3.8) is 0 Å². The Labute approximate surface area is 133 Å². The molecule has 21 heavy (non-hydrogen) atoms. The van der Waals surface area contributed by atoms with E-state index in [0.29, 0.717) is 0 Å². The number of nitrogens with zero attached hydrogens (tertiary/aromatic N) is 2. The van der Waals surface area contributed by atoms with Crippen LogP contribution >= 0.6 is 22.6 Å². The molecule has 1 aromatic carbocycles. The monoisotopic (exact) mass is 401 g/mol. The van der Waals surface area contributed by atoms with Gasteiger partial charge in [-0.3, -0.25) is 9.36 Å². The normalized spacial score (nSPS) is 14.2. The van der Waals surface area contributed by atoms with Crippen molar-refractivity contribution in [1.82, 2.24) is 9.13 Å². The zero-order chi connectivity index (χ0) is 15.1. The molecule has 0 bridgehead atoms. The van der Waals surface area contributed by atoms with Gasteiger partial charge in [0.1, 0.15) is 11.6 Å². The summed E-state index contributed by atoms with van der Waals surface area (Å²) in [4.78, 5) is 24.6. The van der Waals surface area contributed by atoms with Crippen LogP contribution in [0.4, 0.5) is 10.2 Å². The van der Waals surface area contributed by atoms with Crippen LogP contribution in [0.25, 0.3) is 5.69 Å². The van der Waals surface area contributed by atoms with Crippen molar-refractivity contribution in [3.8, 4) is 5.69 Å². The molecule has 0 radical (unpaired) electrons. The van der Waals surface area contributed by atoms with E-state index in [1.807, 2.05) is 22.6 Å². The molecule has 1 aliphatic carbocycles. The third-order valence-electron chi connectivity index (χ3n) is 3.45. The van der Waals surface area contributed by atoms with Crippen molar-refractivity contribution in [3.05, 3.63) is 54.5 Å². The van der Waals surface area contributed by atoms with Crippen LogP contribution in [0.1, 0.15) is 18.9 Å². The first-order valence-corrected chi connectivity index (χ1v) is 7.62. The summed E-state index contributed by atoms with van der Waals surface area (Å²) in [6, 6.07) is 5.89. The van der Waals surface area contributed by atoms with Crippen LogP contribution in [-0.4, -0.2) is 16.2 Å². The summed E-state index contributed by atoms with van der Waals surface area (Å²) >= 11 is 2.00. The van der Waals surface area contributed by atoms with Crippen molar-refractivity contribution in [2.75, 3.05) is 12.4 Å². The van der Waals surface area contributed by atoms with E-state index >= 15 is 0 Å². The van der Waals surface area contributed by atoms with E-state index in [-0.39, 0.29) is 23.1 Å². The number of benzene rings is 1. The van der Waals surface area contributed by atoms with Gasteiger partial charge in [0.2, 0.25) is 0 Å².